The van der Waals surface area contributed by atoms with E-state index in [9.17, 15) is 9.59 Å². The maximum Gasteiger partial charge on any atom is 0.308 e. The fraction of sp³-hybridized carbons (Fsp3) is 0.850. The first kappa shape index (κ1) is 42.4. The molecule has 0 aliphatic carbocycles. The van der Waals surface area contributed by atoms with Crippen LogP contribution in [0.3, 0.4) is 0 Å². The number of allylic oxidation sites excluding steroid dienone is 4. The lowest BCUT2D eigenvalue weighted by atomic mass is 10.1. The van der Waals surface area contributed by atoms with Gasteiger partial charge in [-0.2, -0.15) is 0 Å². The molecule has 4 heteroatoms. The zero-order chi connectivity index (χ0) is 32.4. The summed E-state index contributed by atoms with van der Waals surface area (Å²) in [6.45, 7) is 8.38. The Morgan fingerprint density at radius 2 is 0.705 bits per heavy atom. The van der Waals surface area contributed by atoms with Crippen LogP contribution in [0.2, 0.25) is 0 Å². The van der Waals surface area contributed by atoms with E-state index in [1.54, 1.807) is 0 Å². The van der Waals surface area contributed by atoms with Gasteiger partial charge in [0.05, 0.1) is 0 Å². The van der Waals surface area contributed by atoms with Crippen molar-refractivity contribution >= 4 is 11.9 Å². The third-order valence-electron chi connectivity index (χ3n) is 8.32. The number of rotatable bonds is 33. The van der Waals surface area contributed by atoms with E-state index in [2.05, 4.69) is 38.2 Å². The van der Waals surface area contributed by atoms with Gasteiger partial charge in [0, 0.05) is 18.8 Å². The molecule has 0 aromatic rings. The van der Waals surface area contributed by atoms with Crippen molar-refractivity contribution in [2.24, 2.45) is 5.92 Å². The van der Waals surface area contributed by atoms with Crippen molar-refractivity contribution in [2.45, 2.75) is 214 Å². The van der Waals surface area contributed by atoms with E-state index in [0.29, 0.717) is 12.8 Å². The molecule has 0 N–H and O–H groups in total. The molecule has 0 fully saturated rings. The molecule has 258 valence electrons. The second kappa shape index (κ2) is 34.3. The Balaban J connectivity index is 3.71. The standard InChI is InChI=1S/C40H74O4/c1-5-7-9-11-13-15-17-19-21-23-25-27-29-31-33-35-38(41)43-40(37(3)4)44-39(42)36-34-32-30-28-26-24-22-20-18-16-14-12-10-8-6-2/h19-22,37,40H,5-18,23-36H2,1-4H3/b21-19-,22-20-. The molecule has 0 aromatic heterocycles. The highest BCUT2D eigenvalue weighted by Gasteiger charge is 2.22. The van der Waals surface area contributed by atoms with Gasteiger partial charge in [-0.3, -0.25) is 9.59 Å². The molecule has 0 amide bonds. The quantitative estimate of drug-likeness (QED) is 0.0318. The summed E-state index contributed by atoms with van der Waals surface area (Å²) in [6, 6.07) is 0. The van der Waals surface area contributed by atoms with Crippen molar-refractivity contribution in [3.8, 4) is 0 Å². The van der Waals surface area contributed by atoms with Crippen LogP contribution in [-0.2, 0) is 19.1 Å². The Morgan fingerprint density at radius 1 is 0.432 bits per heavy atom. The summed E-state index contributed by atoms with van der Waals surface area (Å²) < 4.78 is 11.1. The highest BCUT2D eigenvalue weighted by atomic mass is 16.7. The Labute approximate surface area is 274 Å². The maximum atomic E-state index is 12.4. The summed E-state index contributed by atoms with van der Waals surface area (Å²) >= 11 is 0. The predicted molar refractivity (Wildman–Crippen MR) is 190 cm³/mol. The lowest BCUT2D eigenvalue weighted by Crippen LogP contribution is -2.29. The lowest BCUT2D eigenvalue weighted by Gasteiger charge is -2.21. The van der Waals surface area contributed by atoms with Gasteiger partial charge in [-0.05, 0) is 64.2 Å². The minimum absolute atomic E-state index is 0.0499. The number of carbonyl (C=O) groups is 2. The van der Waals surface area contributed by atoms with Gasteiger partial charge in [-0.25, -0.2) is 0 Å². The van der Waals surface area contributed by atoms with Crippen molar-refractivity contribution in [3.63, 3.8) is 0 Å². The minimum atomic E-state index is -0.777. The van der Waals surface area contributed by atoms with E-state index in [4.69, 9.17) is 9.47 Å². The predicted octanol–water partition coefficient (Wildman–Crippen LogP) is 13.1. The fourth-order valence-electron chi connectivity index (χ4n) is 5.35. The molecule has 0 spiro atoms. The molecule has 0 heterocycles. The van der Waals surface area contributed by atoms with Crippen LogP contribution in [0.15, 0.2) is 24.3 Å². The van der Waals surface area contributed by atoms with E-state index in [-0.39, 0.29) is 17.9 Å². The number of unbranched alkanes of at least 4 members (excludes halogenated alkanes) is 22. The SMILES string of the molecule is CCCCCCCC/C=C\CCCCCCCC(=O)OC(OC(=O)CCCCCCC/C=C\CCCCCCCC)C(C)C. The van der Waals surface area contributed by atoms with Crippen molar-refractivity contribution in [1.29, 1.82) is 0 Å². The second-order valence-electron chi connectivity index (χ2n) is 13.3. The van der Waals surface area contributed by atoms with E-state index < -0.39 is 6.29 Å². The molecule has 0 unspecified atom stereocenters. The zero-order valence-corrected chi connectivity index (χ0v) is 29.9. The molecule has 0 bridgehead atoms. The number of hydrogen-bond donors (Lipinski definition) is 0. The van der Waals surface area contributed by atoms with Crippen LogP contribution < -0.4 is 0 Å². The zero-order valence-electron chi connectivity index (χ0n) is 29.9. The van der Waals surface area contributed by atoms with Gasteiger partial charge < -0.3 is 9.47 Å². The van der Waals surface area contributed by atoms with Gasteiger partial charge in [0.1, 0.15) is 0 Å². The summed E-state index contributed by atoms with van der Waals surface area (Å²) in [4.78, 5) is 24.7. The average Bonchev–Trinajstić information content (AvgIpc) is 3.00. The van der Waals surface area contributed by atoms with Gasteiger partial charge in [0.15, 0.2) is 0 Å². The molecule has 0 atom stereocenters. The molecule has 0 aliphatic heterocycles. The highest BCUT2D eigenvalue weighted by Crippen LogP contribution is 2.16. The minimum Gasteiger partial charge on any atom is -0.425 e. The van der Waals surface area contributed by atoms with Crippen molar-refractivity contribution in [3.05, 3.63) is 24.3 Å². The smallest absolute Gasteiger partial charge is 0.308 e. The van der Waals surface area contributed by atoms with Gasteiger partial charge in [-0.15, -0.1) is 0 Å². The van der Waals surface area contributed by atoms with Gasteiger partial charge in [-0.1, -0.05) is 155 Å². The number of esters is 2. The van der Waals surface area contributed by atoms with E-state index in [1.165, 1.54) is 116 Å². The summed E-state index contributed by atoms with van der Waals surface area (Å²) in [5.74, 6) is -0.559. The largest absolute Gasteiger partial charge is 0.425 e. The first-order valence-corrected chi connectivity index (χ1v) is 19.2. The summed E-state index contributed by atoms with van der Waals surface area (Å²) in [7, 11) is 0. The van der Waals surface area contributed by atoms with Crippen LogP contribution in [0, 0.1) is 5.92 Å². The molecule has 0 radical (unpaired) electrons. The highest BCUT2D eigenvalue weighted by molar-refractivity contribution is 5.71. The number of ether oxygens (including phenoxy) is 2. The summed E-state index contributed by atoms with van der Waals surface area (Å²) in [5.41, 5.74) is 0. The van der Waals surface area contributed by atoms with Gasteiger partial charge in [0.25, 0.3) is 0 Å². The van der Waals surface area contributed by atoms with Crippen LogP contribution in [0.1, 0.15) is 207 Å². The third-order valence-corrected chi connectivity index (χ3v) is 8.32. The fourth-order valence-corrected chi connectivity index (χ4v) is 5.35. The average molecular weight is 619 g/mol. The Hall–Kier alpha value is -1.58. The van der Waals surface area contributed by atoms with Crippen LogP contribution in [0.25, 0.3) is 0 Å². The van der Waals surface area contributed by atoms with Crippen molar-refractivity contribution < 1.29 is 19.1 Å². The van der Waals surface area contributed by atoms with E-state index in [1.807, 2.05) is 13.8 Å². The monoisotopic (exact) mass is 619 g/mol. The molecule has 44 heavy (non-hydrogen) atoms. The van der Waals surface area contributed by atoms with Crippen LogP contribution in [0.4, 0.5) is 0 Å². The number of carbonyl (C=O) groups excluding carboxylic acids is 2. The van der Waals surface area contributed by atoms with E-state index >= 15 is 0 Å². The van der Waals surface area contributed by atoms with Crippen molar-refractivity contribution in [1.82, 2.24) is 0 Å². The molecular weight excluding hydrogens is 544 g/mol. The first-order chi connectivity index (χ1) is 21.5. The molecule has 0 rings (SSSR count). The van der Waals surface area contributed by atoms with Crippen LogP contribution >= 0.6 is 0 Å². The Kier molecular flexibility index (Phi) is 33.1. The first-order valence-electron chi connectivity index (χ1n) is 19.2. The topological polar surface area (TPSA) is 52.6 Å². The van der Waals surface area contributed by atoms with Crippen LogP contribution in [0.5, 0.6) is 0 Å². The molecule has 4 nitrogen and oxygen atoms in total. The normalized spacial score (nSPS) is 11.9. The molecule has 0 aliphatic rings. The van der Waals surface area contributed by atoms with Gasteiger partial charge >= 0.3 is 11.9 Å². The number of hydrogen-bond acceptors (Lipinski definition) is 4. The van der Waals surface area contributed by atoms with Gasteiger partial charge in [0.2, 0.25) is 6.29 Å². The molecule has 0 saturated carbocycles. The third kappa shape index (κ3) is 31.8. The maximum absolute atomic E-state index is 12.4. The lowest BCUT2D eigenvalue weighted by molar-refractivity contribution is -0.196. The van der Waals surface area contributed by atoms with E-state index in [0.717, 1.165) is 51.4 Å². The van der Waals surface area contributed by atoms with Crippen molar-refractivity contribution in [2.75, 3.05) is 0 Å². The summed E-state index contributed by atoms with van der Waals surface area (Å²) in [5, 5.41) is 0. The molecule has 0 saturated heterocycles. The summed E-state index contributed by atoms with van der Waals surface area (Å²) in [6.07, 6.45) is 41.4. The van der Waals surface area contributed by atoms with Crippen LogP contribution in [-0.4, -0.2) is 18.2 Å². The molecule has 0 aromatic carbocycles. The Bertz CT molecular complexity index is 627. The second-order valence-corrected chi connectivity index (χ2v) is 13.3. The molecular formula is C40H74O4. The Morgan fingerprint density at radius 3 is 1.00 bits per heavy atom.